The van der Waals surface area contributed by atoms with E-state index in [0.29, 0.717) is 5.56 Å². The first-order valence-electron chi connectivity index (χ1n) is 21.1. The van der Waals surface area contributed by atoms with Crippen LogP contribution in [0.1, 0.15) is 5.56 Å². The lowest BCUT2D eigenvalue weighted by Crippen LogP contribution is -2.67. The summed E-state index contributed by atoms with van der Waals surface area (Å²) in [5.41, 5.74) is -1.41. The van der Waals surface area contributed by atoms with Crippen molar-refractivity contribution < 1.29 is 123 Å². The molecule has 3 saturated heterocycles. The molecule has 1 aromatic heterocycles. The minimum atomic E-state index is -2.18. The first-order valence-corrected chi connectivity index (χ1v) is 21.1. The molecule has 0 unspecified atom stereocenters. The molecular weight excluding hydrogens is 944 g/mol. The number of aromatic hydroxyl groups is 5. The van der Waals surface area contributed by atoms with Crippen molar-refractivity contribution in [3.8, 4) is 57.3 Å². The average molecular weight is 995 g/mol. The van der Waals surface area contributed by atoms with Gasteiger partial charge in [0.25, 0.3) is 0 Å². The molecule has 0 spiro atoms. The number of esters is 1. The number of rotatable bonds is 15. The summed E-state index contributed by atoms with van der Waals surface area (Å²) in [5, 5.41) is 149. The van der Waals surface area contributed by atoms with Crippen LogP contribution in [0.4, 0.5) is 0 Å². The van der Waals surface area contributed by atoms with Crippen LogP contribution < -0.4 is 19.6 Å². The van der Waals surface area contributed by atoms with Gasteiger partial charge in [0.2, 0.25) is 23.2 Å². The van der Waals surface area contributed by atoms with Gasteiger partial charge >= 0.3 is 5.97 Å². The second kappa shape index (κ2) is 21.5. The fourth-order valence-electron chi connectivity index (χ4n) is 7.82. The Morgan fingerprint density at radius 1 is 0.643 bits per heavy atom. The van der Waals surface area contributed by atoms with Crippen LogP contribution in [0.15, 0.2) is 57.8 Å². The van der Waals surface area contributed by atoms with Crippen LogP contribution in [0.3, 0.4) is 0 Å². The highest BCUT2D eigenvalue weighted by molar-refractivity contribution is 5.89. The van der Waals surface area contributed by atoms with Gasteiger partial charge in [-0.3, -0.25) is 4.79 Å². The molecule has 7 rings (SSSR count). The Labute approximate surface area is 393 Å². The molecule has 0 aliphatic carbocycles. The lowest BCUT2D eigenvalue weighted by molar-refractivity contribution is -0.389. The van der Waals surface area contributed by atoms with Gasteiger partial charge < -0.3 is 119 Å². The van der Waals surface area contributed by atoms with Crippen LogP contribution in [0.2, 0.25) is 0 Å². The van der Waals surface area contributed by atoms with E-state index in [1.54, 1.807) is 0 Å². The number of phenolic OH excluding ortho intramolecular Hbond substituents is 5. The number of carbonyl (C=O) groups excluding carboxylic acids is 1. The van der Waals surface area contributed by atoms with E-state index in [9.17, 15) is 81.1 Å². The quantitative estimate of drug-likeness (QED) is 0.0323. The van der Waals surface area contributed by atoms with Crippen LogP contribution in [0.25, 0.3) is 28.4 Å². The molecule has 382 valence electrons. The summed E-state index contributed by atoms with van der Waals surface area (Å²) < 4.78 is 56.2. The summed E-state index contributed by atoms with van der Waals surface area (Å²) in [4.78, 5) is 26.9. The zero-order valence-corrected chi connectivity index (χ0v) is 36.6. The predicted molar refractivity (Wildman–Crippen MR) is 228 cm³/mol. The maximum atomic E-state index is 14.2. The summed E-state index contributed by atoms with van der Waals surface area (Å²) in [6, 6.07) is 7.64. The van der Waals surface area contributed by atoms with Gasteiger partial charge in [0.1, 0.15) is 96.2 Å². The van der Waals surface area contributed by atoms with Crippen molar-refractivity contribution in [2.45, 2.75) is 92.1 Å². The van der Waals surface area contributed by atoms with Crippen molar-refractivity contribution >= 4 is 23.0 Å². The number of hydrogen-bond donors (Lipinski definition) is 14. The summed E-state index contributed by atoms with van der Waals surface area (Å²) in [6.07, 6.45) is -27.9. The van der Waals surface area contributed by atoms with Gasteiger partial charge in [-0.15, -0.1) is 0 Å². The monoisotopic (exact) mass is 994 g/mol. The molecule has 3 aliphatic heterocycles. The number of phenols is 5. The predicted octanol–water partition coefficient (Wildman–Crippen LogP) is -2.90. The fourth-order valence-corrected chi connectivity index (χ4v) is 7.82. The van der Waals surface area contributed by atoms with E-state index >= 15 is 0 Å². The fraction of sp³-hybridized carbons (Fsp3) is 0.455. The molecule has 3 aliphatic rings. The van der Waals surface area contributed by atoms with E-state index in [2.05, 4.69) is 0 Å². The Morgan fingerprint density at radius 2 is 1.21 bits per heavy atom. The summed E-state index contributed by atoms with van der Waals surface area (Å²) >= 11 is 0. The van der Waals surface area contributed by atoms with E-state index in [-0.39, 0.29) is 22.8 Å². The largest absolute Gasteiger partial charge is 0.508 e. The summed E-state index contributed by atoms with van der Waals surface area (Å²) in [6.45, 7) is -2.77. The van der Waals surface area contributed by atoms with Crippen molar-refractivity contribution in [1.82, 2.24) is 0 Å². The first-order chi connectivity index (χ1) is 33.3. The number of aliphatic hydroxyl groups excluding tert-OH is 9. The normalized spacial score (nSPS) is 31.4. The number of aliphatic hydroxyl groups is 9. The Bertz CT molecular complexity index is 2560. The molecule has 0 bridgehead atoms. The molecule has 0 amide bonds. The Kier molecular flexibility index (Phi) is 15.9. The van der Waals surface area contributed by atoms with Gasteiger partial charge in [-0.2, -0.15) is 0 Å². The topological polar surface area (TPSA) is 414 Å². The van der Waals surface area contributed by atoms with E-state index < -0.39 is 169 Å². The van der Waals surface area contributed by atoms with Crippen molar-refractivity contribution in [2.75, 3.05) is 34.0 Å². The molecule has 14 N–H and O–H groups in total. The molecule has 3 aromatic carbocycles. The summed E-state index contributed by atoms with van der Waals surface area (Å²) in [7, 11) is 2.59. The second-order valence-electron chi connectivity index (χ2n) is 16.1. The van der Waals surface area contributed by atoms with Gasteiger partial charge in [0.15, 0.2) is 47.4 Å². The third-order valence-corrected chi connectivity index (χ3v) is 11.6. The Morgan fingerprint density at radius 3 is 1.81 bits per heavy atom. The van der Waals surface area contributed by atoms with E-state index in [0.717, 1.165) is 36.4 Å². The number of hydrogen-bond acceptors (Lipinski definition) is 26. The molecular formula is C44H50O26. The first kappa shape index (κ1) is 51.8. The molecule has 4 heterocycles. The van der Waals surface area contributed by atoms with Crippen LogP contribution in [0, 0.1) is 0 Å². The number of benzene rings is 3. The number of ether oxygens (including phenoxy) is 9. The highest BCUT2D eigenvalue weighted by Gasteiger charge is 2.55. The number of methoxy groups -OCH3 is 2. The molecule has 70 heavy (non-hydrogen) atoms. The maximum absolute atomic E-state index is 14.2. The molecule has 15 atom stereocenters. The average Bonchev–Trinajstić information content (AvgIpc) is 3.33. The Hall–Kier alpha value is -6.08. The van der Waals surface area contributed by atoms with Crippen LogP contribution in [-0.2, 0) is 33.2 Å². The standard InChI is InChI=1S/C44H50O26/c1-61-22-7-15(8-23(62-2)29(22)52)3-6-27(51)63-14-26-32(55)34(57)37(60)42(67-26)69-40-35(58)30(53)25(13-46)66-44(40)70-41-36(59)31(54)24(12-45)65-43(41)68-39-33(56)28-20(50)10-17(47)11-21(28)64-38(39)16-4-5-18(48)19(49)9-16/h3-11,24-26,30-32,34-37,40-50,52-55,57-60H,12-14H2,1-2H3/t24-,25-,26-,30+,31-,32-,34+,35+,36+,37-,40-,41-,42+,43+,44+/m1/s1. The van der Waals surface area contributed by atoms with Crippen molar-refractivity contribution in [2.24, 2.45) is 0 Å². The van der Waals surface area contributed by atoms with Gasteiger partial charge in [-0.05, 0) is 42.0 Å². The van der Waals surface area contributed by atoms with Gasteiger partial charge in [-0.1, -0.05) is 0 Å². The zero-order valence-electron chi connectivity index (χ0n) is 36.6. The second-order valence-corrected chi connectivity index (χ2v) is 16.1. The minimum absolute atomic E-state index is 0.0258. The van der Waals surface area contributed by atoms with Crippen molar-refractivity contribution in [1.29, 1.82) is 0 Å². The Balaban J connectivity index is 1.17. The number of fused-ring (bicyclic) bond motifs is 1. The highest BCUT2D eigenvalue weighted by atomic mass is 16.8. The molecule has 4 aromatic rings. The smallest absolute Gasteiger partial charge is 0.330 e. The third-order valence-electron chi connectivity index (χ3n) is 11.6. The van der Waals surface area contributed by atoms with Gasteiger partial charge in [0, 0.05) is 23.8 Å². The summed E-state index contributed by atoms with van der Waals surface area (Å²) in [5.74, 6) is -5.30. The van der Waals surface area contributed by atoms with E-state index in [1.165, 1.54) is 32.4 Å². The van der Waals surface area contributed by atoms with Crippen LogP contribution in [-0.4, -0.2) is 204 Å². The maximum Gasteiger partial charge on any atom is 0.330 e. The third kappa shape index (κ3) is 10.4. The lowest BCUT2D eigenvalue weighted by Gasteiger charge is -2.48. The van der Waals surface area contributed by atoms with E-state index in [1.807, 2.05) is 0 Å². The minimum Gasteiger partial charge on any atom is -0.508 e. The van der Waals surface area contributed by atoms with E-state index in [4.69, 9.17) is 47.0 Å². The van der Waals surface area contributed by atoms with Crippen LogP contribution in [0.5, 0.6) is 46.0 Å². The SMILES string of the molecule is COc1cc(C=CC(=O)OC[C@H]2O[C@@H](O[C@H]3[C@H](O[C@H]4[C@H](Oc5c(-c6ccc(O)c(O)c6)oc6cc(O)cc(O)c6c5=O)O[C@H](CO)[C@@H](O)[C@@H]4O)O[C@H](CO)[C@H](O)[C@@H]3O)[C@H](O)[C@@H](O)[C@@H]2O)cc(OC)c1O. The number of carbonyl (C=O) groups is 1. The van der Waals surface area contributed by atoms with Gasteiger partial charge in [-0.25, -0.2) is 4.79 Å². The molecule has 0 radical (unpaired) electrons. The van der Waals surface area contributed by atoms with Gasteiger partial charge in [0.05, 0.1) is 27.4 Å². The zero-order chi connectivity index (χ0) is 50.9. The molecule has 26 nitrogen and oxygen atoms in total. The molecule has 0 saturated carbocycles. The van der Waals surface area contributed by atoms with Crippen molar-refractivity contribution in [3.05, 3.63) is 64.3 Å². The highest BCUT2D eigenvalue weighted by Crippen LogP contribution is 2.41. The van der Waals surface area contributed by atoms with Crippen molar-refractivity contribution in [3.63, 3.8) is 0 Å². The lowest BCUT2D eigenvalue weighted by atomic mass is 9.96. The molecule has 26 heteroatoms. The van der Waals surface area contributed by atoms with Crippen LogP contribution >= 0.6 is 0 Å². The molecule has 3 fully saturated rings.